The Labute approximate surface area is 76.9 Å². The number of para-hydroxylation sites is 2. The zero-order valence-corrected chi connectivity index (χ0v) is 7.31. The molecule has 2 aromatic rings. The van der Waals surface area contributed by atoms with Gasteiger partial charge in [0.1, 0.15) is 5.52 Å². The molecule has 3 nitrogen and oxygen atoms in total. The van der Waals surface area contributed by atoms with Crippen molar-refractivity contribution in [2.75, 3.05) is 6.54 Å². The molecule has 0 bridgehead atoms. The smallest absolute Gasteiger partial charge is 0.181 e. The fourth-order valence-corrected chi connectivity index (χ4v) is 0.803. The maximum absolute atomic E-state index is 5.01. The maximum atomic E-state index is 5.01. The third kappa shape index (κ3) is 2.72. The second-order valence-corrected chi connectivity index (χ2v) is 2.34. The summed E-state index contributed by atoms with van der Waals surface area (Å²) in [6.07, 6.45) is 3.10. The van der Waals surface area contributed by atoms with Gasteiger partial charge in [-0.15, -0.1) is 6.58 Å². The Morgan fingerprint density at radius 2 is 2.15 bits per heavy atom. The normalized spacial score (nSPS) is 9.00. The Balaban J connectivity index is 0.000000184. The van der Waals surface area contributed by atoms with Gasteiger partial charge in [0.15, 0.2) is 12.0 Å². The first-order valence-corrected chi connectivity index (χ1v) is 3.97. The highest BCUT2D eigenvalue weighted by molar-refractivity contribution is 5.71. The molecule has 0 saturated heterocycles. The van der Waals surface area contributed by atoms with Crippen LogP contribution in [0.5, 0.6) is 0 Å². The van der Waals surface area contributed by atoms with Crippen LogP contribution in [0.25, 0.3) is 11.1 Å². The molecule has 1 aromatic heterocycles. The maximum Gasteiger partial charge on any atom is 0.181 e. The van der Waals surface area contributed by atoms with E-state index >= 15 is 0 Å². The Hall–Kier alpha value is -1.61. The molecule has 2 N–H and O–H groups in total. The largest absolute Gasteiger partial charge is 0.443 e. The summed E-state index contributed by atoms with van der Waals surface area (Å²) in [6.45, 7) is 3.94. The van der Waals surface area contributed by atoms with Crippen LogP contribution in [-0.2, 0) is 0 Å². The van der Waals surface area contributed by atoms with E-state index in [4.69, 9.17) is 10.2 Å². The highest BCUT2D eigenvalue weighted by Crippen LogP contribution is 2.09. The second kappa shape index (κ2) is 5.11. The number of rotatable bonds is 1. The van der Waals surface area contributed by atoms with Crippen molar-refractivity contribution in [2.24, 2.45) is 5.73 Å². The van der Waals surface area contributed by atoms with E-state index in [1.807, 2.05) is 24.3 Å². The van der Waals surface area contributed by atoms with Crippen LogP contribution < -0.4 is 5.73 Å². The number of hydrogen-bond acceptors (Lipinski definition) is 3. The molecule has 0 spiro atoms. The van der Waals surface area contributed by atoms with Gasteiger partial charge in [-0.05, 0) is 12.1 Å². The van der Waals surface area contributed by atoms with E-state index < -0.39 is 0 Å². The molecule has 0 aliphatic carbocycles. The Morgan fingerprint density at radius 1 is 1.46 bits per heavy atom. The molecule has 0 amide bonds. The standard InChI is InChI=1S/C7H5NO.C3H7N/c1-2-4-7-6(3-1)8-5-9-7;1-2-3-4/h1-5H;2H,1,3-4H2. The summed E-state index contributed by atoms with van der Waals surface area (Å²) in [5.41, 5.74) is 6.67. The lowest BCUT2D eigenvalue weighted by Gasteiger charge is -1.79. The summed E-state index contributed by atoms with van der Waals surface area (Å²) in [6, 6.07) is 7.67. The van der Waals surface area contributed by atoms with Crippen LogP contribution >= 0.6 is 0 Å². The zero-order chi connectivity index (χ0) is 9.52. The summed E-state index contributed by atoms with van der Waals surface area (Å²) >= 11 is 0. The molecular formula is C10H12N2O. The van der Waals surface area contributed by atoms with Gasteiger partial charge in [-0.3, -0.25) is 0 Å². The summed E-state index contributed by atoms with van der Waals surface area (Å²) in [7, 11) is 0. The first kappa shape index (κ1) is 9.48. The minimum atomic E-state index is 0.583. The summed E-state index contributed by atoms with van der Waals surface area (Å²) in [5, 5.41) is 0. The van der Waals surface area contributed by atoms with E-state index in [1.54, 1.807) is 6.08 Å². The topological polar surface area (TPSA) is 52.0 Å². The molecule has 0 unspecified atom stereocenters. The van der Waals surface area contributed by atoms with Gasteiger partial charge < -0.3 is 10.2 Å². The molecule has 0 radical (unpaired) electrons. The summed E-state index contributed by atoms with van der Waals surface area (Å²) in [4.78, 5) is 3.95. The average molecular weight is 176 g/mol. The van der Waals surface area contributed by atoms with Crippen LogP contribution in [0.4, 0.5) is 0 Å². The van der Waals surface area contributed by atoms with Crippen LogP contribution in [-0.4, -0.2) is 11.5 Å². The Morgan fingerprint density at radius 3 is 2.77 bits per heavy atom. The van der Waals surface area contributed by atoms with Crippen molar-refractivity contribution in [3.05, 3.63) is 43.3 Å². The molecule has 0 atom stereocenters. The molecule has 2 rings (SSSR count). The van der Waals surface area contributed by atoms with Gasteiger partial charge in [0, 0.05) is 6.54 Å². The molecule has 0 aliphatic heterocycles. The van der Waals surface area contributed by atoms with Crippen molar-refractivity contribution >= 4 is 11.1 Å². The molecule has 0 fully saturated rings. The summed E-state index contributed by atoms with van der Waals surface area (Å²) < 4.78 is 5.01. The fourth-order valence-electron chi connectivity index (χ4n) is 0.803. The van der Waals surface area contributed by atoms with Crippen molar-refractivity contribution in [3.8, 4) is 0 Å². The number of benzene rings is 1. The van der Waals surface area contributed by atoms with Gasteiger partial charge in [-0.2, -0.15) is 0 Å². The van der Waals surface area contributed by atoms with Crippen molar-refractivity contribution in [1.82, 2.24) is 4.98 Å². The van der Waals surface area contributed by atoms with E-state index in [1.165, 1.54) is 6.39 Å². The third-order valence-corrected chi connectivity index (χ3v) is 1.40. The molecule has 1 heterocycles. The van der Waals surface area contributed by atoms with Crippen LogP contribution in [0.1, 0.15) is 0 Å². The quantitative estimate of drug-likeness (QED) is 0.676. The van der Waals surface area contributed by atoms with Crippen LogP contribution in [0, 0.1) is 0 Å². The van der Waals surface area contributed by atoms with Gasteiger partial charge in [-0.25, -0.2) is 4.98 Å². The minimum absolute atomic E-state index is 0.583. The van der Waals surface area contributed by atoms with Gasteiger partial charge >= 0.3 is 0 Å². The minimum Gasteiger partial charge on any atom is -0.443 e. The first-order valence-electron chi connectivity index (χ1n) is 3.97. The predicted molar refractivity (Wildman–Crippen MR) is 53.3 cm³/mol. The second-order valence-electron chi connectivity index (χ2n) is 2.34. The predicted octanol–water partition coefficient (Wildman–Crippen LogP) is 1.96. The van der Waals surface area contributed by atoms with Crippen LogP contribution in [0.15, 0.2) is 47.7 Å². The molecule has 0 saturated carbocycles. The molecule has 13 heavy (non-hydrogen) atoms. The number of nitrogens with two attached hydrogens (primary N) is 1. The monoisotopic (exact) mass is 176 g/mol. The molecule has 3 heteroatoms. The first-order chi connectivity index (χ1) is 6.38. The molecule has 1 aromatic carbocycles. The van der Waals surface area contributed by atoms with Crippen molar-refractivity contribution < 1.29 is 4.42 Å². The summed E-state index contributed by atoms with van der Waals surface area (Å²) in [5.74, 6) is 0. The number of hydrogen-bond donors (Lipinski definition) is 1. The van der Waals surface area contributed by atoms with Crippen molar-refractivity contribution in [2.45, 2.75) is 0 Å². The van der Waals surface area contributed by atoms with Gasteiger partial charge in [0.05, 0.1) is 0 Å². The van der Waals surface area contributed by atoms with Crippen LogP contribution in [0.2, 0.25) is 0 Å². The van der Waals surface area contributed by atoms with E-state index in [2.05, 4.69) is 11.6 Å². The van der Waals surface area contributed by atoms with E-state index in [9.17, 15) is 0 Å². The van der Waals surface area contributed by atoms with E-state index in [0.717, 1.165) is 11.1 Å². The lowest BCUT2D eigenvalue weighted by atomic mass is 10.3. The SMILES string of the molecule is C=CCN.c1ccc2ocnc2c1. The van der Waals surface area contributed by atoms with Crippen molar-refractivity contribution in [3.63, 3.8) is 0 Å². The van der Waals surface area contributed by atoms with Crippen molar-refractivity contribution in [1.29, 1.82) is 0 Å². The van der Waals surface area contributed by atoms with E-state index in [-0.39, 0.29) is 0 Å². The molecule has 0 aliphatic rings. The number of nitrogens with zero attached hydrogens (tertiary/aromatic N) is 1. The molecular weight excluding hydrogens is 164 g/mol. The average Bonchev–Trinajstić information content (AvgIpc) is 2.66. The van der Waals surface area contributed by atoms with Crippen LogP contribution in [0.3, 0.4) is 0 Å². The number of aromatic nitrogens is 1. The molecule has 68 valence electrons. The van der Waals surface area contributed by atoms with Gasteiger partial charge in [-0.1, -0.05) is 18.2 Å². The van der Waals surface area contributed by atoms with E-state index in [0.29, 0.717) is 6.54 Å². The Kier molecular flexibility index (Phi) is 3.73. The lowest BCUT2D eigenvalue weighted by Crippen LogP contribution is -1.90. The van der Waals surface area contributed by atoms with Gasteiger partial charge in [0.2, 0.25) is 0 Å². The highest BCUT2D eigenvalue weighted by Gasteiger charge is 1.91. The third-order valence-electron chi connectivity index (χ3n) is 1.40. The van der Waals surface area contributed by atoms with Gasteiger partial charge in [0.25, 0.3) is 0 Å². The Bertz CT molecular complexity index is 337. The lowest BCUT2D eigenvalue weighted by molar-refractivity contribution is 0.602. The highest BCUT2D eigenvalue weighted by atomic mass is 16.3. The number of fused-ring (bicyclic) bond motifs is 1. The zero-order valence-electron chi connectivity index (χ0n) is 7.31. The number of oxazole rings is 1. The fraction of sp³-hybridized carbons (Fsp3) is 0.100.